The fraction of sp³-hybridized carbons (Fsp3) is 0.217. The first-order valence-electron chi connectivity index (χ1n) is 9.10. The van der Waals surface area contributed by atoms with Gasteiger partial charge in [0, 0.05) is 0 Å². The van der Waals surface area contributed by atoms with Crippen LogP contribution in [0.2, 0.25) is 26.2 Å². The van der Waals surface area contributed by atoms with Crippen LogP contribution >= 0.6 is 0 Å². The highest BCUT2D eigenvalue weighted by Gasteiger charge is 2.31. The standard InChI is InChI=1S/C23H28Si2/c1-24(2,3)21-17-15-20(16-18-21)19-25(4,22-11-7-5-8-12-22)23-13-9-6-10-14-23/h5-18H,19H2,1-4H3. The lowest BCUT2D eigenvalue weighted by Gasteiger charge is -2.29. The summed E-state index contributed by atoms with van der Waals surface area (Å²) in [4.78, 5) is 0. The van der Waals surface area contributed by atoms with Crippen molar-refractivity contribution >= 4 is 31.7 Å². The van der Waals surface area contributed by atoms with E-state index in [1.165, 1.54) is 15.9 Å². The first-order chi connectivity index (χ1) is 11.9. The van der Waals surface area contributed by atoms with Crippen LogP contribution in [-0.2, 0) is 6.04 Å². The fourth-order valence-corrected chi connectivity index (χ4v) is 8.33. The van der Waals surface area contributed by atoms with Gasteiger partial charge in [-0.25, -0.2) is 0 Å². The molecule has 0 amide bonds. The van der Waals surface area contributed by atoms with Crippen LogP contribution in [0.15, 0.2) is 84.9 Å². The molecule has 0 unspecified atom stereocenters. The SMILES string of the molecule is C[Si](C)(C)c1ccc(C[Si](C)(c2ccccc2)c2ccccc2)cc1. The van der Waals surface area contributed by atoms with Gasteiger partial charge in [0.2, 0.25) is 0 Å². The maximum Gasteiger partial charge on any atom is 0.119 e. The Morgan fingerprint density at radius 1 is 0.520 bits per heavy atom. The van der Waals surface area contributed by atoms with E-state index >= 15 is 0 Å². The summed E-state index contributed by atoms with van der Waals surface area (Å²) in [5, 5.41) is 4.56. The Kier molecular flexibility index (Phi) is 5.12. The summed E-state index contributed by atoms with van der Waals surface area (Å²) >= 11 is 0. The molecule has 0 aliphatic heterocycles. The van der Waals surface area contributed by atoms with Crippen LogP contribution in [-0.4, -0.2) is 16.1 Å². The molecule has 0 bridgehead atoms. The van der Waals surface area contributed by atoms with Crippen molar-refractivity contribution in [3.05, 3.63) is 90.5 Å². The zero-order chi connectivity index (χ0) is 17.9. The van der Waals surface area contributed by atoms with Crippen molar-refractivity contribution in [3.63, 3.8) is 0 Å². The lowest BCUT2D eigenvalue weighted by molar-refractivity contribution is 1.34. The van der Waals surface area contributed by atoms with E-state index < -0.39 is 16.1 Å². The van der Waals surface area contributed by atoms with Gasteiger partial charge in [-0.1, -0.05) is 132 Å². The third kappa shape index (κ3) is 4.02. The predicted molar refractivity (Wildman–Crippen MR) is 117 cm³/mol. The van der Waals surface area contributed by atoms with Crippen LogP contribution in [0.3, 0.4) is 0 Å². The Labute approximate surface area is 154 Å². The number of hydrogen-bond acceptors (Lipinski definition) is 0. The molecule has 0 spiro atoms. The van der Waals surface area contributed by atoms with Gasteiger partial charge in [0.25, 0.3) is 0 Å². The molecule has 0 aliphatic carbocycles. The van der Waals surface area contributed by atoms with E-state index in [-0.39, 0.29) is 0 Å². The Bertz CT molecular complexity index is 761. The number of rotatable bonds is 5. The second-order valence-corrected chi connectivity index (χ2v) is 17.4. The molecule has 3 aromatic carbocycles. The van der Waals surface area contributed by atoms with Crippen LogP contribution in [0.5, 0.6) is 0 Å². The van der Waals surface area contributed by atoms with Crippen molar-refractivity contribution in [1.29, 1.82) is 0 Å². The zero-order valence-electron chi connectivity index (χ0n) is 15.8. The average molecular weight is 361 g/mol. The minimum absolute atomic E-state index is 1.15. The highest BCUT2D eigenvalue weighted by atomic mass is 28.3. The van der Waals surface area contributed by atoms with E-state index in [2.05, 4.69) is 111 Å². The fourth-order valence-electron chi connectivity index (χ4n) is 3.51. The molecule has 0 atom stereocenters. The summed E-state index contributed by atoms with van der Waals surface area (Å²) in [5.74, 6) is 0. The van der Waals surface area contributed by atoms with Gasteiger partial charge >= 0.3 is 0 Å². The molecule has 0 saturated heterocycles. The summed E-state index contributed by atoms with van der Waals surface area (Å²) in [6, 6.07) is 32.8. The Hall–Kier alpha value is -1.91. The van der Waals surface area contributed by atoms with Crippen LogP contribution in [0.1, 0.15) is 5.56 Å². The monoisotopic (exact) mass is 360 g/mol. The highest BCUT2D eigenvalue weighted by Crippen LogP contribution is 2.14. The summed E-state index contributed by atoms with van der Waals surface area (Å²) in [6.45, 7) is 9.74. The molecular formula is C23H28Si2. The predicted octanol–water partition coefficient (Wildman–Crippen LogP) is 4.21. The summed E-state index contributed by atoms with van der Waals surface area (Å²) in [6.07, 6.45) is 0. The van der Waals surface area contributed by atoms with Gasteiger partial charge < -0.3 is 0 Å². The molecular weight excluding hydrogens is 332 g/mol. The summed E-state index contributed by atoms with van der Waals surface area (Å²) in [5.41, 5.74) is 1.46. The van der Waals surface area contributed by atoms with E-state index in [1.54, 1.807) is 5.19 Å². The van der Waals surface area contributed by atoms with Crippen molar-refractivity contribution in [1.82, 2.24) is 0 Å². The second-order valence-electron chi connectivity index (χ2n) is 8.19. The lowest BCUT2D eigenvalue weighted by Crippen LogP contribution is -2.57. The summed E-state index contributed by atoms with van der Waals surface area (Å²) in [7, 11) is -3.03. The third-order valence-electron chi connectivity index (χ3n) is 5.20. The molecule has 0 radical (unpaired) electrons. The van der Waals surface area contributed by atoms with E-state index in [0.717, 1.165) is 6.04 Å². The quantitative estimate of drug-likeness (QED) is 0.598. The van der Waals surface area contributed by atoms with Crippen molar-refractivity contribution in [2.24, 2.45) is 0 Å². The molecule has 0 aromatic heterocycles. The summed E-state index contributed by atoms with van der Waals surface area (Å²) < 4.78 is 0. The van der Waals surface area contributed by atoms with Gasteiger partial charge in [0.05, 0.1) is 8.07 Å². The Morgan fingerprint density at radius 3 is 1.36 bits per heavy atom. The van der Waals surface area contributed by atoms with Gasteiger partial charge in [-0.3, -0.25) is 0 Å². The molecule has 0 fully saturated rings. The normalized spacial score (nSPS) is 12.2. The van der Waals surface area contributed by atoms with E-state index in [4.69, 9.17) is 0 Å². The van der Waals surface area contributed by atoms with E-state index in [9.17, 15) is 0 Å². The maximum absolute atomic E-state index is 2.50. The molecule has 3 rings (SSSR count). The van der Waals surface area contributed by atoms with Crippen molar-refractivity contribution in [3.8, 4) is 0 Å². The van der Waals surface area contributed by atoms with Gasteiger partial charge in [0.15, 0.2) is 0 Å². The van der Waals surface area contributed by atoms with E-state index in [1.807, 2.05) is 0 Å². The minimum Gasteiger partial charge on any atom is -0.0656 e. The number of benzene rings is 3. The lowest BCUT2D eigenvalue weighted by atomic mass is 10.2. The van der Waals surface area contributed by atoms with Gasteiger partial charge in [-0.2, -0.15) is 0 Å². The first kappa shape index (κ1) is 17.9. The molecule has 0 N–H and O–H groups in total. The maximum atomic E-state index is 2.50. The van der Waals surface area contributed by atoms with Gasteiger partial charge in [-0.15, -0.1) is 0 Å². The highest BCUT2D eigenvalue weighted by molar-refractivity contribution is 7.00. The Morgan fingerprint density at radius 2 is 0.960 bits per heavy atom. The Balaban J connectivity index is 1.99. The molecule has 128 valence electrons. The van der Waals surface area contributed by atoms with Crippen molar-refractivity contribution in [2.75, 3.05) is 0 Å². The zero-order valence-corrected chi connectivity index (χ0v) is 17.8. The van der Waals surface area contributed by atoms with Crippen molar-refractivity contribution < 1.29 is 0 Å². The molecule has 2 heteroatoms. The topological polar surface area (TPSA) is 0 Å². The molecule has 3 aromatic rings. The van der Waals surface area contributed by atoms with Crippen LogP contribution in [0.25, 0.3) is 0 Å². The van der Waals surface area contributed by atoms with Crippen LogP contribution < -0.4 is 15.6 Å². The largest absolute Gasteiger partial charge is 0.119 e. The molecule has 0 heterocycles. The van der Waals surface area contributed by atoms with Gasteiger partial charge in [0.1, 0.15) is 8.07 Å². The molecule has 0 saturated carbocycles. The van der Waals surface area contributed by atoms with Crippen LogP contribution in [0, 0.1) is 0 Å². The smallest absolute Gasteiger partial charge is 0.0656 e. The average Bonchev–Trinajstić information content (AvgIpc) is 2.63. The van der Waals surface area contributed by atoms with Gasteiger partial charge in [-0.05, 0) is 6.04 Å². The first-order valence-corrected chi connectivity index (χ1v) is 15.3. The van der Waals surface area contributed by atoms with Crippen LogP contribution in [0.4, 0.5) is 0 Å². The molecule has 25 heavy (non-hydrogen) atoms. The molecule has 0 nitrogen and oxygen atoms in total. The third-order valence-corrected chi connectivity index (χ3v) is 11.6. The molecule has 0 aliphatic rings. The minimum atomic E-state index is -1.79. The van der Waals surface area contributed by atoms with Crippen molar-refractivity contribution in [2.45, 2.75) is 32.2 Å². The van der Waals surface area contributed by atoms with E-state index in [0.29, 0.717) is 0 Å². The second kappa shape index (κ2) is 7.14. The number of hydrogen-bond donors (Lipinski definition) is 0.